The molecular weight excluding hydrogens is 500 g/mol. The molecule has 0 fully saturated rings. The maximum Gasteiger partial charge on any atom is 0.325 e. The molecule has 0 spiro atoms. The molecule has 1 atom stereocenters. The van der Waals surface area contributed by atoms with Crippen molar-refractivity contribution < 1.29 is 24.4 Å². The summed E-state index contributed by atoms with van der Waals surface area (Å²) in [5, 5.41) is 32.4. The van der Waals surface area contributed by atoms with Crippen LogP contribution in [0.1, 0.15) is 124 Å². The van der Waals surface area contributed by atoms with Gasteiger partial charge in [-0.2, -0.15) is 0 Å². The summed E-state index contributed by atoms with van der Waals surface area (Å²) in [4.78, 5) is 37.0. The molecule has 10 nitrogen and oxygen atoms in total. The summed E-state index contributed by atoms with van der Waals surface area (Å²) in [6, 6.07) is 4.84. The van der Waals surface area contributed by atoms with Gasteiger partial charge in [-0.15, -0.1) is 0 Å². The van der Waals surface area contributed by atoms with Gasteiger partial charge in [-0.1, -0.05) is 117 Å². The van der Waals surface area contributed by atoms with Crippen LogP contribution in [0.2, 0.25) is 0 Å². The average Bonchev–Trinajstić information content (AvgIpc) is 2.90. The van der Waals surface area contributed by atoms with E-state index in [0.717, 1.165) is 12.2 Å². The number of nitrogens with zero attached hydrogens (tertiary/aromatic N) is 1. The van der Waals surface area contributed by atoms with Crippen LogP contribution in [0.3, 0.4) is 0 Å². The van der Waals surface area contributed by atoms with E-state index >= 15 is 0 Å². The third kappa shape index (κ3) is 32.6. The number of rotatable bonds is 19. The summed E-state index contributed by atoms with van der Waals surface area (Å²) < 4.78 is 0. The van der Waals surface area contributed by atoms with Crippen molar-refractivity contribution in [2.24, 2.45) is 0 Å². The molecule has 0 aromatic heterocycles. The second kappa shape index (κ2) is 32.7. The van der Waals surface area contributed by atoms with Crippen molar-refractivity contribution in [2.45, 2.75) is 130 Å². The zero-order valence-electron chi connectivity index (χ0n) is 24.1. The molecule has 10 heteroatoms. The van der Waals surface area contributed by atoms with Gasteiger partial charge in [0.15, 0.2) is 0 Å². The number of carboxylic acid groups (broad SMARTS) is 1. The second-order valence-corrected chi connectivity index (χ2v) is 9.16. The Hall–Kier alpha value is -3.35. The van der Waals surface area contributed by atoms with Crippen LogP contribution < -0.4 is 5.32 Å². The number of unbranched alkanes of at least 4 members (excludes halogenated alkanes) is 15. The summed E-state index contributed by atoms with van der Waals surface area (Å²) in [6.07, 6.45) is 24.9. The fraction of sp³-hybridized carbons (Fsp3) is 0.690. The molecule has 0 saturated carbocycles. The highest BCUT2D eigenvalue weighted by Gasteiger charge is 2.10. The summed E-state index contributed by atoms with van der Waals surface area (Å²) in [7, 11) is 0. The first-order valence-corrected chi connectivity index (χ1v) is 14.1. The Bertz CT molecular complexity index is 746. The number of hydrogen-bond donors (Lipinski definition) is 4. The number of anilines is 1. The summed E-state index contributed by atoms with van der Waals surface area (Å²) in [5.74, 6) is -0.978. The van der Waals surface area contributed by atoms with Gasteiger partial charge < -0.3 is 10.4 Å². The lowest BCUT2D eigenvalue weighted by Gasteiger charge is -2.09. The number of hydrogen-bond acceptors (Lipinski definition) is 8. The molecule has 1 unspecified atom stereocenters. The minimum Gasteiger partial charge on any atom is -0.480 e. The van der Waals surface area contributed by atoms with Crippen molar-refractivity contribution in [3.05, 3.63) is 34.4 Å². The Balaban J connectivity index is -0.000000556. The van der Waals surface area contributed by atoms with Crippen molar-refractivity contribution in [3.8, 4) is 0 Å². The quantitative estimate of drug-likeness (QED) is 0.0438. The maximum atomic E-state index is 10.5. The van der Waals surface area contributed by atoms with Crippen molar-refractivity contribution in [1.29, 1.82) is 10.8 Å². The predicted octanol–water partition coefficient (Wildman–Crippen LogP) is 8.55. The largest absolute Gasteiger partial charge is 0.480 e. The molecule has 0 aliphatic heterocycles. The number of aliphatic carboxylic acids is 1. The molecule has 1 rings (SSSR count). The molecule has 0 amide bonds. The van der Waals surface area contributed by atoms with Gasteiger partial charge in [0.2, 0.25) is 12.2 Å². The van der Waals surface area contributed by atoms with Gasteiger partial charge in [-0.3, -0.25) is 14.9 Å². The molecule has 222 valence electrons. The lowest BCUT2D eigenvalue weighted by atomic mass is 10.0. The van der Waals surface area contributed by atoms with Crippen LogP contribution in [0.15, 0.2) is 24.3 Å². The van der Waals surface area contributed by atoms with Gasteiger partial charge in [0.05, 0.1) is 4.92 Å². The van der Waals surface area contributed by atoms with E-state index in [9.17, 15) is 14.9 Å². The summed E-state index contributed by atoms with van der Waals surface area (Å²) >= 11 is 0. The molecule has 0 radical (unpaired) electrons. The highest BCUT2D eigenvalue weighted by molar-refractivity contribution is 5.76. The molecule has 0 saturated heterocycles. The van der Waals surface area contributed by atoms with Crippen LogP contribution in [-0.2, 0) is 14.4 Å². The van der Waals surface area contributed by atoms with E-state index in [0.29, 0.717) is 5.69 Å². The van der Waals surface area contributed by atoms with E-state index in [1.54, 1.807) is 0 Å². The summed E-state index contributed by atoms with van der Waals surface area (Å²) in [5.41, 5.74) is 0.513. The number of carbonyl (C=O) groups excluding carboxylic acids is 2. The van der Waals surface area contributed by atoms with E-state index in [1.165, 1.54) is 134 Å². The summed E-state index contributed by atoms with van der Waals surface area (Å²) in [6.45, 7) is 6.08. The van der Waals surface area contributed by atoms with Crippen molar-refractivity contribution >= 4 is 29.5 Å². The van der Waals surface area contributed by atoms with Gasteiger partial charge in [-0.25, -0.2) is 20.4 Å². The van der Waals surface area contributed by atoms with Gasteiger partial charge in [0, 0.05) is 17.8 Å². The second-order valence-electron chi connectivity index (χ2n) is 9.16. The van der Waals surface area contributed by atoms with Crippen LogP contribution in [0, 0.1) is 20.9 Å². The monoisotopic (exact) mass is 550 g/mol. The molecule has 0 heterocycles. The number of isocyanates is 2. The van der Waals surface area contributed by atoms with Gasteiger partial charge in [-0.05, 0) is 19.1 Å². The highest BCUT2D eigenvalue weighted by Crippen LogP contribution is 2.16. The molecule has 39 heavy (non-hydrogen) atoms. The van der Waals surface area contributed by atoms with Crippen LogP contribution in [0.25, 0.3) is 0 Å². The molecule has 1 aromatic carbocycles. The Morgan fingerprint density at radius 1 is 0.795 bits per heavy atom. The Morgan fingerprint density at radius 2 is 1.08 bits per heavy atom. The van der Waals surface area contributed by atoms with Gasteiger partial charge in [0.1, 0.15) is 6.04 Å². The zero-order chi connectivity index (χ0) is 30.2. The third-order valence-electron chi connectivity index (χ3n) is 5.79. The third-order valence-corrected chi connectivity index (χ3v) is 5.79. The minimum atomic E-state index is -0.978. The minimum absolute atomic E-state index is 0.0245. The molecule has 0 aliphatic carbocycles. The standard InChI is InChI=1S/C18H38.C9H10N2O4.2CHNO/c1-3-5-7-9-11-13-15-17-18-16-14-12-10-8-6-4-2;1-6(9(12)13)10-7-2-4-8(5-3-7)11(14)15;2*2-1-3/h3-18H2,1-2H3;2-6,10H,1H3,(H,12,13);2*2H. The SMILES string of the molecule is CC(Nc1ccc([N+](=O)[O-])cc1)C(=O)O.CCCCCCCCCCCCCCCCCC.N=C=O.N=C=O. The van der Waals surface area contributed by atoms with Crippen molar-refractivity contribution in [1.82, 2.24) is 0 Å². The van der Waals surface area contributed by atoms with Crippen molar-refractivity contribution in [2.75, 3.05) is 5.32 Å². The number of carbonyl (C=O) groups is 1. The normalized spacial score (nSPS) is 10.0. The topological polar surface area (TPSA) is 174 Å². The van der Waals surface area contributed by atoms with E-state index in [2.05, 4.69) is 19.2 Å². The molecule has 0 bridgehead atoms. The average molecular weight is 551 g/mol. The molecule has 1 aromatic rings. The number of non-ortho nitro benzene ring substituents is 1. The highest BCUT2D eigenvalue weighted by atomic mass is 16.6. The van der Waals surface area contributed by atoms with E-state index in [4.69, 9.17) is 25.5 Å². The number of carboxylic acids is 1. The number of nitrogens with one attached hydrogen (secondary N) is 3. The van der Waals surface area contributed by atoms with E-state index < -0.39 is 16.9 Å². The Morgan fingerprint density at radius 3 is 1.31 bits per heavy atom. The number of benzene rings is 1. The fourth-order valence-corrected chi connectivity index (χ4v) is 3.61. The fourth-order valence-electron chi connectivity index (χ4n) is 3.61. The zero-order valence-corrected chi connectivity index (χ0v) is 24.1. The van der Waals surface area contributed by atoms with Crippen LogP contribution in [0.4, 0.5) is 11.4 Å². The lowest BCUT2D eigenvalue weighted by Crippen LogP contribution is -2.25. The van der Waals surface area contributed by atoms with E-state index in [-0.39, 0.29) is 5.69 Å². The first-order chi connectivity index (χ1) is 18.7. The maximum absolute atomic E-state index is 10.5. The molecule has 4 N–H and O–H groups in total. The van der Waals surface area contributed by atoms with Crippen LogP contribution in [-0.4, -0.2) is 34.2 Å². The Labute approximate surface area is 234 Å². The number of nitro groups is 1. The van der Waals surface area contributed by atoms with Crippen molar-refractivity contribution in [3.63, 3.8) is 0 Å². The van der Waals surface area contributed by atoms with E-state index in [1.807, 2.05) is 0 Å². The van der Waals surface area contributed by atoms with Crippen LogP contribution >= 0.6 is 0 Å². The molecular formula is C29H50N4O6. The van der Waals surface area contributed by atoms with Crippen LogP contribution in [0.5, 0.6) is 0 Å². The first-order valence-electron chi connectivity index (χ1n) is 14.1. The predicted molar refractivity (Wildman–Crippen MR) is 156 cm³/mol. The van der Waals surface area contributed by atoms with Gasteiger partial charge >= 0.3 is 5.97 Å². The smallest absolute Gasteiger partial charge is 0.325 e. The number of nitro benzene ring substituents is 1. The molecule has 0 aliphatic rings. The lowest BCUT2D eigenvalue weighted by molar-refractivity contribution is -0.384. The van der Waals surface area contributed by atoms with Gasteiger partial charge in [0.25, 0.3) is 5.69 Å². The Kier molecular flexibility index (Phi) is 33.6. The first kappa shape index (κ1) is 40.2.